The first-order valence-electron chi connectivity index (χ1n) is 13.1. The highest BCUT2D eigenvalue weighted by Gasteiger charge is 2.49. The molecule has 8 rings (SSSR count). The number of rotatable bonds is 3. The molecular formula is C30H25N5O4. The van der Waals surface area contributed by atoms with Gasteiger partial charge in [0.15, 0.2) is 11.5 Å². The molecule has 9 nitrogen and oxygen atoms in total. The lowest BCUT2D eigenvalue weighted by atomic mass is 9.85. The maximum Gasteiger partial charge on any atom is 0.246 e. The van der Waals surface area contributed by atoms with Crippen molar-refractivity contribution in [2.24, 2.45) is 0 Å². The standard InChI is InChI=1S/C30H25N5O4/c1-16(17-6-8-22-23(10-17)32-14-31-22)34-13-27(36)35-24(30(34)37)12-20-19-4-2-3-5-21(19)33-28(20)29(35)18-7-9-25-26(11-18)39-15-38-25/h2-11,14,16,24,29,33H,12-13,15H2,1H3,(H,31,32)/t16?,24-,29-/m1/s1. The van der Waals surface area contributed by atoms with Crippen LogP contribution >= 0.6 is 0 Å². The van der Waals surface area contributed by atoms with Crippen molar-refractivity contribution in [1.29, 1.82) is 0 Å². The molecule has 3 aromatic carbocycles. The van der Waals surface area contributed by atoms with Crippen molar-refractivity contribution in [2.75, 3.05) is 13.3 Å². The van der Waals surface area contributed by atoms with Gasteiger partial charge >= 0.3 is 0 Å². The summed E-state index contributed by atoms with van der Waals surface area (Å²) in [5.74, 6) is 1.19. The number of nitrogens with zero attached hydrogens (tertiary/aromatic N) is 3. The van der Waals surface area contributed by atoms with Crippen LogP contribution in [0.4, 0.5) is 0 Å². The van der Waals surface area contributed by atoms with Crippen molar-refractivity contribution in [1.82, 2.24) is 24.8 Å². The van der Waals surface area contributed by atoms with Crippen molar-refractivity contribution in [3.05, 3.63) is 89.4 Å². The van der Waals surface area contributed by atoms with Crippen LogP contribution in [0.3, 0.4) is 0 Å². The minimum atomic E-state index is -0.620. The predicted molar refractivity (Wildman–Crippen MR) is 143 cm³/mol. The maximum atomic E-state index is 14.2. The van der Waals surface area contributed by atoms with E-state index in [0.717, 1.165) is 44.3 Å². The normalized spacial score (nSPS) is 20.9. The number of H-pyrrole nitrogens is 2. The second-order valence-corrected chi connectivity index (χ2v) is 10.4. The molecule has 194 valence electrons. The van der Waals surface area contributed by atoms with E-state index in [1.54, 1.807) is 16.1 Å². The van der Waals surface area contributed by atoms with Crippen LogP contribution in [0, 0.1) is 0 Å². The molecular weight excluding hydrogens is 494 g/mol. The molecule has 2 amide bonds. The number of para-hydroxylation sites is 1. The van der Waals surface area contributed by atoms with Crippen LogP contribution in [0.1, 0.15) is 41.4 Å². The largest absolute Gasteiger partial charge is 0.454 e. The molecule has 2 aromatic heterocycles. The van der Waals surface area contributed by atoms with Gasteiger partial charge in [0.1, 0.15) is 12.6 Å². The lowest BCUT2D eigenvalue weighted by Gasteiger charge is -2.48. The van der Waals surface area contributed by atoms with Gasteiger partial charge in [-0.25, -0.2) is 4.98 Å². The van der Waals surface area contributed by atoms with E-state index in [9.17, 15) is 9.59 Å². The number of benzene rings is 3. The summed E-state index contributed by atoms with van der Waals surface area (Å²) in [6, 6.07) is 18.5. The molecule has 0 spiro atoms. The first-order valence-corrected chi connectivity index (χ1v) is 13.1. The number of ether oxygens (including phenoxy) is 2. The number of hydrogen-bond donors (Lipinski definition) is 2. The molecule has 3 atom stereocenters. The summed E-state index contributed by atoms with van der Waals surface area (Å²) in [6.45, 7) is 2.15. The zero-order valence-corrected chi connectivity index (χ0v) is 21.2. The number of aromatic amines is 2. The molecule has 1 fully saturated rings. The fourth-order valence-electron chi connectivity index (χ4n) is 6.43. The Kier molecular flexibility index (Phi) is 4.62. The van der Waals surface area contributed by atoms with Gasteiger partial charge in [0.25, 0.3) is 0 Å². The van der Waals surface area contributed by atoms with Gasteiger partial charge < -0.3 is 29.2 Å². The molecule has 9 heteroatoms. The summed E-state index contributed by atoms with van der Waals surface area (Å²) in [5.41, 5.74) is 6.60. The van der Waals surface area contributed by atoms with Crippen molar-refractivity contribution >= 4 is 33.8 Å². The second-order valence-electron chi connectivity index (χ2n) is 10.4. The van der Waals surface area contributed by atoms with Crippen LogP contribution in [0.15, 0.2) is 67.0 Å². The minimum Gasteiger partial charge on any atom is -0.454 e. The van der Waals surface area contributed by atoms with Gasteiger partial charge in [0.05, 0.1) is 29.4 Å². The molecule has 3 aliphatic heterocycles. The average molecular weight is 520 g/mol. The van der Waals surface area contributed by atoms with E-state index >= 15 is 0 Å². The van der Waals surface area contributed by atoms with Crippen molar-refractivity contribution < 1.29 is 19.1 Å². The third-order valence-corrected chi connectivity index (χ3v) is 8.40. The Bertz CT molecular complexity index is 1810. The summed E-state index contributed by atoms with van der Waals surface area (Å²) < 4.78 is 11.2. The molecule has 2 N–H and O–H groups in total. The zero-order chi connectivity index (χ0) is 26.2. The molecule has 0 aliphatic carbocycles. The number of aromatic nitrogens is 3. The van der Waals surface area contributed by atoms with Crippen LogP contribution in [-0.4, -0.2) is 55.9 Å². The first-order chi connectivity index (χ1) is 19.1. The highest BCUT2D eigenvalue weighted by Crippen LogP contribution is 2.45. The summed E-state index contributed by atoms with van der Waals surface area (Å²) in [7, 11) is 0. The Labute approximate surface area is 223 Å². The summed E-state index contributed by atoms with van der Waals surface area (Å²) in [5, 5.41) is 1.08. The number of amides is 2. The Hall–Kier alpha value is -4.79. The number of piperazine rings is 1. The third-order valence-electron chi connectivity index (χ3n) is 8.40. The van der Waals surface area contributed by atoms with Gasteiger partial charge in [-0.15, -0.1) is 0 Å². The van der Waals surface area contributed by atoms with Gasteiger partial charge in [-0.05, 0) is 53.9 Å². The van der Waals surface area contributed by atoms with Gasteiger partial charge in [0.2, 0.25) is 18.6 Å². The zero-order valence-electron chi connectivity index (χ0n) is 21.2. The lowest BCUT2D eigenvalue weighted by molar-refractivity contribution is -0.160. The SMILES string of the molecule is CC(c1ccc2[nH]cnc2c1)N1CC(=O)N2[C@H](c3ccc4c(c3)OCO4)c3[nH]c4ccccc4c3C[C@@H]2C1=O. The monoisotopic (exact) mass is 519 g/mol. The molecule has 3 aliphatic rings. The number of carbonyl (C=O) groups is 2. The summed E-state index contributed by atoms with van der Waals surface area (Å²) in [6.07, 6.45) is 2.11. The number of carbonyl (C=O) groups excluding carboxylic acids is 2. The third kappa shape index (κ3) is 3.22. The highest BCUT2D eigenvalue weighted by atomic mass is 16.7. The molecule has 0 saturated carbocycles. The van der Waals surface area contributed by atoms with E-state index in [4.69, 9.17) is 9.47 Å². The number of imidazole rings is 1. The lowest BCUT2D eigenvalue weighted by Crippen LogP contribution is -2.63. The van der Waals surface area contributed by atoms with Crippen LogP contribution in [0.2, 0.25) is 0 Å². The summed E-state index contributed by atoms with van der Waals surface area (Å²) in [4.78, 5) is 42.7. The van der Waals surface area contributed by atoms with Crippen LogP contribution < -0.4 is 9.47 Å². The number of nitrogens with one attached hydrogen (secondary N) is 2. The Morgan fingerprint density at radius 2 is 1.87 bits per heavy atom. The molecule has 5 aromatic rings. The van der Waals surface area contributed by atoms with Crippen LogP contribution in [0.25, 0.3) is 21.9 Å². The van der Waals surface area contributed by atoms with Crippen LogP contribution in [0.5, 0.6) is 11.5 Å². The van der Waals surface area contributed by atoms with Gasteiger partial charge in [0, 0.05) is 23.0 Å². The van der Waals surface area contributed by atoms with Crippen molar-refractivity contribution in [3.8, 4) is 11.5 Å². The Balaban J connectivity index is 1.23. The Morgan fingerprint density at radius 3 is 2.79 bits per heavy atom. The van der Waals surface area contributed by atoms with Crippen LogP contribution in [-0.2, 0) is 16.0 Å². The van der Waals surface area contributed by atoms with Gasteiger partial charge in [-0.2, -0.15) is 0 Å². The minimum absolute atomic E-state index is 0.00567. The van der Waals surface area contributed by atoms with E-state index in [0.29, 0.717) is 17.9 Å². The van der Waals surface area contributed by atoms with E-state index < -0.39 is 12.1 Å². The van der Waals surface area contributed by atoms with Crippen molar-refractivity contribution in [3.63, 3.8) is 0 Å². The molecule has 1 saturated heterocycles. The van der Waals surface area contributed by atoms with E-state index in [2.05, 4.69) is 21.0 Å². The smallest absolute Gasteiger partial charge is 0.246 e. The second kappa shape index (κ2) is 8.10. The summed E-state index contributed by atoms with van der Waals surface area (Å²) >= 11 is 0. The first kappa shape index (κ1) is 22.2. The van der Waals surface area contributed by atoms with E-state index in [1.165, 1.54) is 0 Å². The molecule has 0 bridgehead atoms. The van der Waals surface area contributed by atoms with E-state index in [-0.39, 0.29) is 31.2 Å². The van der Waals surface area contributed by atoms with Crippen molar-refractivity contribution in [2.45, 2.75) is 31.5 Å². The fraction of sp³-hybridized carbons (Fsp3) is 0.233. The molecule has 39 heavy (non-hydrogen) atoms. The quantitative estimate of drug-likeness (QED) is 0.372. The molecule has 0 radical (unpaired) electrons. The van der Waals surface area contributed by atoms with E-state index in [1.807, 2.05) is 61.5 Å². The van der Waals surface area contributed by atoms with Gasteiger partial charge in [-0.1, -0.05) is 30.3 Å². The highest BCUT2D eigenvalue weighted by molar-refractivity contribution is 5.98. The molecule has 1 unspecified atom stereocenters. The van der Waals surface area contributed by atoms with Gasteiger partial charge in [-0.3, -0.25) is 9.59 Å². The topological polar surface area (TPSA) is 104 Å². The predicted octanol–water partition coefficient (Wildman–Crippen LogP) is 4.22. The average Bonchev–Trinajstić information content (AvgIpc) is 3.70. The maximum absolute atomic E-state index is 14.2. The Morgan fingerprint density at radius 1 is 1.00 bits per heavy atom. The number of fused-ring (bicyclic) bond motifs is 6. The number of hydrogen-bond acceptors (Lipinski definition) is 5. The fourth-order valence-corrected chi connectivity index (χ4v) is 6.43. The molecule has 5 heterocycles.